The van der Waals surface area contributed by atoms with Crippen LogP contribution in [0.4, 0.5) is 0 Å². The van der Waals surface area contributed by atoms with Gasteiger partial charge in [-0.3, -0.25) is 0 Å². The van der Waals surface area contributed by atoms with Crippen molar-refractivity contribution in [1.29, 1.82) is 0 Å². The van der Waals surface area contributed by atoms with E-state index in [-0.39, 0.29) is 6.04 Å². The molecule has 0 bridgehead atoms. The third-order valence-electron chi connectivity index (χ3n) is 2.87. The highest BCUT2D eigenvalue weighted by atomic mass is 35.5. The van der Waals surface area contributed by atoms with E-state index >= 15 is 0 Å². The smallest absolute Gasteiger partial charge is 0.0940 e. The maximum Gasteiger partial charge on any atom is 0.0940 e. The molecule has 0 aromatic heterocycles. The quantitative estimate of drug-likeness (QED) is 0.817. The van der Waals surface area contributed by atoms with Crippen LogP contribution in [0.15, 0.2) is 24.3 Å². The lowest BCUT2D eigenvalue weighted by Crippen LogP contribution is -2.33. The van der Waals surface area contributed by atoms with Crippen molar-refractivity contribution in [2.75, 3.05) is 6.54 Å². The van der Waals surface area contributed by atoms with Crippen molar-refractivity contribution in [2.24, 2.45) is 5.92 Å². The first kappa shape index (κ1) is 14.5. The van der Waals surface area contributed by atoms with Gasteiger partial charge in [-0.2, -0.15) is 0 Å². The monoisotopic (exact) mass is 255 g/mol. The Morgan fingerprint density at radius 2 is 1.76 bits per heavy atom. The van der Waals surface area contributed by atoms with E-state index in [0.29, 0.717) is 10.9 Å². The maximum absolute atomic E-state index is 10.1. The van der Waals surface area contributed by atoms with Gasteiger partial charge in [0.2, 0.25) is 0 Å². The van der Waals surface area contributed by atoms with E-state index in [1.807, 2.05) is 19.1 Å². The Hall–Kier alpha value is -0.570. The molecule has 3 heteroatoms. The normalized spacial score (nSPS) is 14.9. The Bertz CT molecular complexity index is 323. The number of aliphatic hydroxyl groups excluding tert-OH is 1. The summed E-state index contributed by atoms with van der Waals surface area (Å²) in [6.45, 7) is 7.33. The second kappa shape index (κ2) is 7.00. The highest BCUT2D eigenvalue weighted by molar-refractivity contribution is 6.30. The molecule has 0 saturated heterocycles. The Balaban J connectivity index is 2.45. The van der Waals surface area contributed by atoms with Crippen LogP contribution in [0.5, 0.6) is 0 Å². The van der Waals surface area contributed by atoms with Gasteiger partial charge in [-0.15, -0.1) is 0 Å². The molecule has 1 aromatic rings. The molecule has 2 nitrogen and oxygen atoms in total. The minimum absolute atomic E-state index is 0.0509. The van der Waals surface area contributed by atoms with Gasteiger partial charge in [0.1, 0.15) is 0 Å². The number of nitrogens with one attached hydrogen (secondary N) is 1. The largest absolute Gasteiger partial charge is 0.387 e. The van der Waals surface area contributed by atoms with Crippen LogP contribution in [0.25, 0.3) is 0 Å². The molecule has 2 N–H and O–H groups in total. The lowest BCUT2D eigenvalue weighted by Gasteiger charge is -2.21. The van der Waals surface area contributed by atoms with Crippen molar-refractivity contribution >= 4 is 11.6 Å². The molecule has 0 saturated carbocycles. The second-order valence-corrected chi connectivity index (χ2v) is 5.36. The molecule has 17 heavy (non-hydrogen) atoms. The topological polar surface area (TPSA) is 32.3 Å². The number of halogens is 1. The molecular formula is C14H22ClNO. The van der Waals surface area contributed by atoms with Crippen molar-refractivity contribution in [3.8, 4) is 0 Å². The maximum atomic E-state index is 10.1. The fourth-order valence-electron chi connectivity index (χ4n) is 1.66. The average Bonchev–Trinajstić information content (AvgIpc) is 2.28. The van der Waals surface area contributed by atoms with Gasteiger partial charge in [0.05, 0.1) is 6.10 Å². The van der Waals surface area contributed by atoms with Crippen LogP contribution >= 0.6 is 11.6 Å². The molecule has 1 rings (SSSR count). The van der Waals surface area contributed by atoms with Crippen molar-refractivity contribution in [2.45, 2.75) is 39.3 Å². The first-order valence-electron chi connectivity index (χ1n) is 6.17. The van der Waals surface area contributed by atoms with Crippen LogP contribution < -0.4 is 5.32 Å². The van der Waals surface area contributed by atoms with Crippen molar-refractivity contribution < 1.29 is 5.11 Å². The van der Waals surface area contributed by atoms with Gasteiger partial charge < -0.3 is 10.4 Å². The van der Waals surface area contributed by atoms with E-state index in [2.05, 4.69) is 19.2 Å². The molecule has 2 unspecified atom stereocenters. The molecule has 96 valence electrons. The van der Waals surface area contributed by atoms with Gasteiger partial charge in [-0.1, -0.05) is 37.6 Å². The van der Waals surface area contributed by atoms with Crippen LogP contribution in [0, 0.1) is 5.92 Å². The highest BCUT2D eigenvalue weighted by Crippen LogP contribution is 2.19. The second-order valence-electron chi connectivity index (χ2n) is 4.92. The van der Waals surface area contributed by atoms with Crippen LogP contribution in [0.1, 0.15) is 38.9 Å². The zero-order chi connectivity index (χ0) is 12.8. The molecule has 0 aliphatic heterocycles. The standard InChI is InChI=1S/C14H22ClNO/c1-10(2)8-9-16-11(3)14(17)12-4-6-13(15)7-5-12/h4-7,10-11,14,16-17H,8-9H2,1-3H3. The van der Waals surface area contributed by atoms with E-state index in [9.17, 15) is 5.11 Å². The summed E-state index contributed by atoms with van der Waals surface area (Å²) in [6.07, 6.45) is 0.636. The molecular weight excluding hydrogens is 234 g/mol. The summed E-state index contributed by atoms with van der Waals surface area (Å²) >= 11 is 5.82. The van der Waals surface area contributed by atoms with Gasteiger partial charge >= 0.3 is 0 Å². The summed E-state index contributed by atoms with van der Waals surface area (Å²) in [5.74, 6) is 0.683. The Morgan fingerprint density at radius 1 is 1.18 bits per heavy atom. The summed E-state index contributed by atoms with van der Waals surface area (Å²) in [5, 5.41) is 14.2. The van der Waals surface area contributed by atoms with Crippen molar-refractivity contribution in [1.82, 2.24) is 5.32 Å². The van der Waals surface area contributed by atoms with Crippen LogP contribution in [-0.2, 0) is 0 Å². The van der Waals surface area contributed by atoms with Gasteiger partial charge in [-0.25, -0.2) is 0 Å². The average molecular weight is 256 g/mol. The number of hydrogen-bond donors (Lipinski definition) is 2. The summed E-state index contributed by atoms with van der Waals surface area (Å²) in [7, 11) is 0. The zero-order valence-corrected chi connectivity index (χ0v) is 11.5. The Morgan fingerprint density at radius 3 is 2.29 bits per heavy atom. The number of aliphatic hydroxyl groups is 1. The fourth-order valence-corrected chi connectivity index (χ4v) is 1.79. The minimum atomic E-state index is -0.487. The van der Waals surface area contributed by atoms with Gasteiger partial charge in [0.15, 0.2) is 0 Å². The van der Waals surface area contributed by atoms with E-state index < -0.39 is 6.10 Å². The molecule has 0 heterocycles. The minimum Gasteiger partial charge on any atom is -0.387 e. The number of benzene rings is 1. The van der Waals surface area contributed by atoms with E-state index in [1.165, 1.54) is 0 Å². The SMILES string of the molecule is CC(C)CCNC(C)C(O)c1ccc(Cl)cc1. The van der Waals surface area contributed by atoms with Crippen LogP contribution in [-0.4, -0.2) is 17.7 Å². The van der Waals surface area contributed by atoms with Gasteiger partial charge in [0.25, 0.3) is 0 Å². The molecule has 0 aliphatic carbocycles. The molecule has 2 atom stereocenters. The first-order valence-corrected chi connectivity index (χ1v) is 6.55. The molecule has 0 aliphatic rings. The summed E-state index contributed by atoms with van der Waals surface area (Å²) < 4.78 is 0. The molecule has 0 amide bonds. The lowest BCUT2D eigenvalue weighted by molar-refractivity contribution is 0.135. The molecule has 0 spiro atoms. The van der Waals surface area contributed by atoms with Crippen molar-refractivity contribution in [3.05, 3.63) is 34.9 Å². The van der Waals surface area contributed by atoms with E-state index in [0.717, 1.165) is 18.5 Å². The van der Waals surface area contributed by atoms with E-state index in [4.69, 9.17) is 11.6 Å². The molecule has 0 radical (unpaired) electrons. The summed E-state index contributed by atoms with van der Waals surface area (Å²) in [4.78, 5) is 0. The summed E-state index contributed by atoms with van der Waals surface area (Å²) in [6, 6.07) is 7.40. The molecule has 1 aromatic carbocycles. The third-order valence-corrected chi connectivity index (χ3v) is 3.13. The fraction of sp³-hybridized carbons (Fsp3) is 0.571. The lowest BCUT2D eigenvalue weighted by atomic mass is 10.0. The Labute approximate surface area is 109 Å². The third kappa shape index (κ3) is 5.07. The van der Waals surface area contributed by atoms with Gasteiger partial charge in [0, 0.05) is 11.1 Å². The Kier molecular flexibility index (Phi) is 5.96. The predicted molar refractivity (Wildman–Crippen MR) is 73.3 cm³/mol. The van der Waals surface area contributed by atoms with E-state index in [1.54, 1.807) is 12.1 Å². The van der Waals surface area contributed by atoms with Gasteiger partial charge in [-0.05, 0) is 43.5 Å². The predicted octanol–water partition coefficient (Wildman–Crippen LogP) is 3.40. The van der Waals surface area contributed by atoms with Crippen LogP contribution in [0.2, 0.25) is 5.02 Å². The first-order chi connectivity index (χ1) is 8.00. The number of rotatable bonds is 6. The molecule has 0 fully saturated rings. The number of hydrogen-bond acceptors (Lipinski definition) is 2. The highest BCUT2D eigenvalue weighted by Gasteiger charge is 2.15. The van der Waals surface area contributed by atoms with Crippen LogP contribution in [0.3, 0.4) is 0 Å². The van der Waals surface area contributed by atoms with Crippen molar-refractivity contribution in [3.63, 3.8) is 0 Å². The zero-order valence-electron chi connectivity index (χ0n) is 10.8. The summed E-state index contributed by atoms with van der Waals surface area (Å²) in [5.41, 5.74) is 0.902.